The Morgan fingerprint density at radius 3 is 2.86 bits per heavy atom. The third-order valence-corrected chi connectivity index (χ3v) is 5.82. The summed E-state index contributed by atoms with van der Waals surface area (Å²) in [6.07, 6.45) is 1.37. The Kier molecular flexibility index (Phi) is 6.67. The van der Waals surface area contributed by atoms with Gasteiger partial charge in [-0.2, -0.15) is 5.10 Å². The summed E-state index contributed by atoms with van der Waals surface area (Å²) >= 11 is 2.86. The van der Waals surface area contributed by atoms with Gasteiger partial charge in [-0.3, -0.25) is 4.79 Å². The van der Waals surface area contributed by atoms with Gasteiger partial charge in [0, 0.05) is 16.5 Å². The summed E-state index contributed by atoms with van der Waals surface area (Å²) in [5.74, 6) is 0.265. The second-order valence-electron chi connectivity index (χ2n) is 5.84. The van der Waals surface area contributed by atoms with Crippen LogP contribution in [0.4, 0.5) is 0 Å². The van der Waals surface area contributed by atoms with Gasteiger partial charge in [-0.25, -0.2) is 10.4 Å². The second-order valence-corrected chi connectivity index (χ2v) is 7.93. The average molecular weight is 414 g/mol. The SMILES string of the molecule is COc1cccc(/C=N\NC(=O)CSc2nc(-c3ccc(C)cc3)cs2)c1O. The first-order chi connectivity index (χ1) is 13.6. The average Bonchev–Trinajstić information content (AvgIpc) is 3.17. The lowest BCUT2D eigenvalue weighted by atomic mass is 10.1. The zero-order valence-electron chi connectivity index (χ0n) is 15.4. The number of benzene rings is 2. The number of para-hydroxylation sites is 1. The number of aryl methyl sites for hydroxylation is 1. The van der Waals surface area contributed by atoms with Gasteiger partial charge in [-0.1, -0.05) is 47.7 Å². The minimum atomic E-state index is -0.254. The first kappa shape index (κ1) is 19.9. The van der Waals surface area contributed by atoms with E-state index in [0.717, 1.165) is 15.6 Å². The third kappa shape index (κ3) is 5.11. The molecule has 0 saturated carbocycles. The Labute approximate surface area is 171 Å². The standard InChI is InChI=1S/C20H19N3O3S2/c1-13-6-8-14(9-7-13)16-11-27-20(22-16)28-12-18(24)23-21-10-15-4-3-5-17(26-2)19(15)25/h3-11,25H,12H2,1-2H3,(H,23,24)/b21-10-. The van der Waals surface area contributed by atoms with E-state index in [0.29, 0.717) is 11.3 Å². The van der Waals surface area contributed by atoms with Crippen molar-refractivity contribution in [2.24, 2.45) is 5.10 Å². The van der Waals surface area contributed by atoms with Gasteiger partial charge in [-0.05, 0) is 19.1 Å². The smallest absolute Gasteiger partial charge is 0.250 e. The number of ether oxygens (including phenoxy) is 1. The molecule has 1 heterocycles. The molecule has 0 unspecified atom stereocenters. The van der Waals surface area contributed by atoms with E-state index < -0.39 is 0 Å². The molecule has 0 aliphatic heterocycles. The quantitative estimate of drug-likeness (QED) is 0.346. The molecule has 0 aliphatic carbocycles. The van der Waals surface area contributed by atoms with E-state index in [-0.39, 0.29) is 17.4 Å². The number of phenols is 1. The number of nitrogens with zero attached hydrogens (tertiary/aromatic N) is 2. The highest BCUT2D eigenvalue weighted by Gasteiger charge is 2.08. The summed E-state index contributed by atoms with van der Waals surface area (Å²) in [4.78, 5) is 16.5. The number of thiazole rings is 1. The topological polar surface area (TPSA) is 83.8 Å². The van der Waals surface area contributed by atoms with Crippen molar-refractivity contribution in [3.8, 4) is 22.8 Å². The Balaban J connectivity index is 1.52. The monoisotopic (exact) mass is 413 g/mol. The molecule has 1 aromatic heterocycles. The van der Waals surface area contributed by atoms with Crippen LogP contribution in [0.5, 0.6) is 11.5 Å². The van der Waals surface area contributed by atoms with Gasteiger partial charge in [0.2, 0.25) is 0 Å². The molecule has 6 nitrogen and oxygen atoms in total. The van der Waals surface area contributed by atoms with Gasteiger partial charge in [-0.15, -0.1) is 11.3 Å². The van der Waals surface area contributed by atoms with Crippen LogP contribution in [0.1, 0.15) is 11.1 Å². The van der Waals surface area contributed by atoms with E-state index in [4.69, 9.17) is 4.74 Å². The maximum absolute atomic E-state index is 12.0. The fourth-order valence-corrected chi connectivity index (χ4v) is 3.95. The zero-order valence-corrected chi connectivity index (χ0v) is 17.0. The zero-order chi connectivity index (χ0) is 19.9. The van der Waals surface area contributed by atoms with Crippen molar-refractivity contribution in [2.45, 2.75) is 11.3 Å². The van der Waals surface area contributed by atoms with Crippen LogP contribution in [0.3, 0.4) is 0 Å². The molecular formula is C20H19N3O3S2. The Morgan fingerprint density at radius 1 is 1.32 bits per heavy atom. The Morgan fingerprint density at radius 2 is 2.11 bits per heavy atom. The first-order valence-corrected chi connectivity index (χ1v) is 10.3. The number of methoxy groups -OCH3 is 1. The van der Waals surface area contributed by atoms with Crippen LogP contribution < -0.4 is 10.2 Å². The number of carbonyl (C=O) groups excluding carboxylic acids is 1. The fourth-order valence-electron chi connectivity index (χ4n) is 2.32. The van der Waals surface area contributed by atoms with Crippen LogP contribution in [-0.2, 0) is 4.79 Å². The number of carbonyl (C=O) groups is 1. The van der Waals surface area contributed by atoms with Crippen LogP contribution in [0.15, 0.2) is 57.3 Å². The van der Waals surface area contributed by atoms with E-state index in [2.05, 4.69) is 15.5 Å². The molecule has 0 spiro atoms. The summed E-state index contributed by atoms with van der Waals surface area (Å²) in [6.45, 7) is 2.04. The molecule has 2 N–H and O–H groups in total. The van der Waals surface area contributed by atoms with Crippen molar-refractivity contribution in [3.63, 3.8) is 0 Å². The molecule has 0 fully saturated rings. The lowest BCUT2D eigenvalue weighted by Crippen LogP contribution is -2.19. The van der Waals surface area contributed by atoms with Crippen molar-refractivity contribution < 1.29 is 14.6 Å². The molecule has 0 saturated heterocycles. The maximum Gasteiger partial charge on any atom is 0.250 e. The largest absolute Gasteiger partial charge is 0.504 e. The van der Waals surface area contributed by atoms with Crippen LogP contribution >= 0.6 is 23.1 Å². The van der Waals surface area contributed by atoms with Crippen molar-refractivity contribution in [1.82, 2.24) is 10.4 Å². The van der Waals surface area contributed by atoms with Crippen molar-refractivity contribution in [2.75, 3.05) is 12.9 Å². The number of rotatable bonds is 7. The molecule has 3 aromatic rings. The minimum absolute atomic E-state index is 0.0243. The summed E-state index contributed by atoms with van der Waals surface area (Å²) in [5, 5.41) is 15.8. The number of phenolic OH excluding ortho intramolecular Hbond substituents is 1. The van der Waals surface area contributed by atoms with Crippen LogP contribution in [0, 0.1) is 6.92 Å². The van der Waals surface area contributed by atoms with Crippen LogP contribution in [0.25, 0.3) is 11.3 Å². The normalized spacial score (nSPS) is 10.9. The number of aromatic hydroxyl groups is 1. The summed E-state index contributed by atoms with van der Waals surface area (Å²) < 4.78 is 5.85. The van der Waals surface area contributed by atoms with E-state index in [1.165, 1.54) is 42.0 Å². The van der Waals surface area contributed by atoms with Gasteiger partial charge in [0.15, 0.2) is 15.8 Å². The van der Waals surface area contributed by atoms with Gasteiger partial charge < -0.3 is 9.84 Å². The summed E-state index contributed by atoms with van der Waals surface area (Å²) in [6, 6.07) is 13.2. The molecule has 3 rings (SSSR count). The molecule has 0 bridgehead atoms. The minimum Gasteiger partial charge on any atom is -0.504 e. The highest BCUT2D eigenvalue weighted by Crippen LogP contribution is 2.29. The number of thioether (sulfide) groups is 1. The molecular weight excluding hydrogens is 394 g/mol. The number of nitrogens with one attached hydrogen (secondary N) is 1. The highest BCUT2D eigenvalue weighted by atomic mass is 32.2. The molecule has 28 heavy (non-hydrogen) atoms. The number of hydrazone groups is 1. The predicted molar refractivity (Wildman–Crippen MR) is 113 cm³/mol. The Hall–Kier alpha value is -2.84. The predicted octanol–water partition coefficient (Wildman–Crippen LogP) is 4.08. The number of aromatic nitrogens is 1. The van der Waals surface area contributed by atoms with Crippen LogP contribution in [-0.4, -0.2) is 35.1 Å². The molecule has 0 radical (unpaired) electrons. The number of hydrogen-bond donors (Lipinski definition) is 2. The maximum atomic E-state index is 12.0. The molecule has 8 heteroatoms. The van der Waals surface area contributed by atoms with E-state index in [1.54, 1.807) is 18.2 Å². The van der Waals surface area contributed by atoms with Gasteiger partial charge in [0.25, 0.3) is 5.91 Å². The number of amides is 1. The van der Waals surface area contributed by atoms with Gasteiger partial charge in [0.05, 0.1) is 24.8 Å². The highest BCUT2D eigenvalue weighted by molar-refractivity contribution is 8.01. The van der Waals surface area contributed by atoms with E-state index in [9.17, 15) is 9.90 Å². The molecule has 2 aromatic carbocycles. The lowest BCUT2D eigenvalue weighted by molar-refractivity contribution is -0.118. The van der Waals surface area contributed by atoms with E-state index >= 15 is 0 Å². The summed E-state index contributed by atoms with van der Waals surface area (Å²) in [5.41, 5.74) is 6.06. The van der Waals surface area contributed by atoms with Crippen molar-refractivity contribution in [1.29, 1.82) is 0 Å². The fraction of sp³-hybridized carbons (Fsp3) is 0.150. The molecule has 1 amide bonds. The third-order valence-electron chi connectivity index (χ3n) is 3.80. The first-order valence-electron chi connectivity index (χ1n) is 8.40. The van der Waals surface area contributed by atoms with Crippen molar-refractivity contribution >= 4 is 35.2 Å². The van der Waals surface area contributed by atoms with Crippen molar-refractivity contribution in [3.05, 3.63) is 59.0 Å². The number of hydrogen-bond acceptors (Lipinski definition) is 7. The van der Waals surface area contributed by atoms with Crippen LogP contribution in [0.2, 0.25) is 0 Å². The molecule has 0 aliphatic rings. The summed E-state index contributed by atoms with van der Waals surface area (Å²) in [7, 11) is 1.47. The lowest BCUT2D eigenvalue weighted by Gasteiger charge is -2.04. The molecule has 144 valence electrons. The Bertz CT molecular complexity index is 985. The molecule has 0 atom stereocenters. The van der Waals surface area contributed by atoms with Gasteiger partial charge >= 0.3 is 0 Å². The second kappa shape index (κ2) is 9.38. The van der Waals surface area contributed by atoms with E-state index in [1.807, 2.05) is 36.6 Å². The van der Waals surface area contributed by atoms with Gasteiger partial charge in [0.1, 0.15) is 0 Å².